The predicted molar refractivity (Wildman–Crippen MR) is 85.6 cm³/mol. The summed E-state index contributed by atoms with van der Waals surface area (Å²) in [6.07, 6.45) is 0. The van der Waals surface area contributed by atoms with E-state index in [4.69, 9.17) is 0 Å². The SMILES string of the molecule is Cc1ccc2n1CCN(S(=O)(=O)c1cccc(Br)c1)[C@H]2C. The fraction of sp³-hybridized carbons (Fsp3) is 0.333. The average molecular weight is 369 g/mol. The van der Waals surface area contributed by atoms with Crippen molar-refractivity contribution in [1.82, 2.24) is 8.87 Å². The van der Waals surface area contributed by atoms with Gasteiger partial charge in [-0.1, -0.05) is 22.0 Å². The van der Waals surface area contributed by atoms with Crippen LogP contribution in [0.5, 0.6) is 0 Å². The second kappa shape index (κ2) is 5.26. The molecule has 4 nitrogen and oxygen atoms in total. The fourth-order valence-corrected chi connectivity index (χ4v) is 5.09. The first-order valence-electron chi connectivity index (χ1n) is 6.84. The zero-order valence-corrected chi connectivity index (χ0v) is 14.4. The van der Waals surface area contributed by atoms with E-state index in [0.717, 1.165) is 10.2 Å². The Morgan fingerprint density at radius 3 is 2.67 bits per heavy atom. The Bertz CT molecular complexity index is 783. The molecular weight excluding hydrogens is 352 g/mol. The molecule has 0 saturated heterocycles. The van der Waals surface area contributed by atoms with Gasteiger partial charge in [-0.2, -0.15) is 4.31 Å². The maximum atomic E-state index is 12.9. The smallest absolute Gasteiger partial charge is 0.243 e. The summed E-state index contributed by atoms with van der Waals surface area (Å²) in [6, 6.07) is 10.8. The van der Waals surface area contributed by atoms with E-state index in [1.807, 2.05) is 25.1 Å². The summed E-state index contributed by atoms with van der Waals surface area (Å²) in [5.41, 5.74) is 2.23. The number of halogens is 1. The maximum Gasteiger partial charge on any atom is 0.243 e. The minimum Gasteiger partial charge on any atom is -0.346 e. The van der Waals surface area contributed by atoms with Crippen LogP contribution in [-0.4, -0.2) is 23.8 Å². The molecule has 0 fully saturated rings. The molecule has 1 aromatic heterocycles. The van der Waals surface area contributed by atoms with Gasteiger partial charge in [0.1, 0.15) is 0 Å². The van der Waals surface area contributed by atoms with Gasteiger partial charge < -0.3 is 4.57 Å². The van der Waals surface area contributed by atoms with Crippen LogP contribution in [-0.2, 0) is 16.6 Å². The lowest BCUT2D eigenvalue weighted by atomic mass is 10.2. The molecule has 0 amide bonds. The van der Waals surface area contributed by atoms with Crippen molar-refractivity contribution in [3.8, 4) is 0 Å². The van der Waals surface area contributed by atoms with Crippen molar-refractivity contribution in [2.45, 2.75) is 31.3 Å². The molecule has 3 rings (SSSR count). The van der Waals surface area contributed by atoms with Gasteiger partial charge in [-0.15, -0.1) is 0 Å². The zero-order valence-electron chi connectivity index (χ0n) is 12.0. The molecule has 0 aliphatic carbocycles. The van der Waals surface area contributed by atoms with Crippen molar-refractivity contribution in [2.75, 3.05) is 6.54 Å². The molecule has 0 bridgehead atoms. The number of hydrogen-bond acceptors (Lipinski definition) is 2. The summed E-state index contributed by atoms with van der Waals surface area (Å²) in [7, 11) is -3.48. The van der Waals surface area contributed by atoms with Crippen LogP contribution in [0.3, 0.4) is 0 Å². The number of nitrogens with zero attached hydrogens (tertiary/aromatic N) is 2. The van der Waals surface area contributed by atoms with Crippen molar-refractivity contribution >= 4 is 26.0 Å². The van der Waals surface area contributed by atoms with E-state index in [2.05, 4.69) is 27.4 Å². The van der Waals surface area contributed by atoms with Crippen LogP contribution in [0.4, 0.5) is 0 Å². The Morgan fingerprint density at radius 1 is 1.19 bits per heavy atom. The summed E-state index contributed by atoms with van der Waals surface area (Å²) in [4.78, 5) is 0.334. The van der Waals surface area contributed by atoms with Gasteiger partial charge in [-0.3, -0.25) is 0 Å². The Kier molecular flexibility index (Phi) is 3.71. The van der Waals surface area contributed by atoms with Gasteiger partial charge in [0.2, 0.25) is 10.0 Å². The molecule has 6 heteroatoms. The number of aryl methyl sites for hydroxylation is 1. The third-order valence-corrected chi connectivity index (χ3v) is 6.50. The lowest BCUT2D eigenvalue weighted by Crippen LogP contribution is -2.40. The number of rotatable bonds is 2. The van der Waals surface area contributed by atoms with Crippen LogP contribution in [0.2, 0.25) is 0 Å². The summed E-state index contributed by atoms with van der Waals surface area (Å²) in [5.74, 6) is 0. The van der Waals surface area contributed by atoms with E-state index in [-0.39, 0.29) is 6.04 Å². The first-order valence-corrected chi connectivity index (χ1v) is 9.08. The summed E-state index contributed by atoms with van der Waals surface area (Å²) < 4.78 is 30.3. The summed E-state index contributed by atoms with van der Waals surface area (Å²) in [6.45, 7) is 5.19. The molecule has 0 unspecified atom stereocenters. The van der Waals surface area contributed by atoms with Gasteiger partial charge in [0.15, 0.2) is 0 Å². The van der Waals surface area contributed by atoms with Gasteiger partial charge in [0, 0.05) is 29.0 Å². The minimum absolute atomic E-state index is 0.156. The lowest BCUT2D eigenvalue weighted by Gasteiger charge is -2.34. The molecule has 1 aliphatic heterocycles. The van der Waals surface area contributed by atoms with Crippen molar-refractivity contribution in [3.05, 3.63) is 52.3 Å². The van der Waals surface area contributed by atoms with E-state index >= 15 is 0 Å². The summed E-state index contributed by atoms with van der Waals surface area (Å²) >= 11 is 3.34. The number of aromatic nitrogens is 1. The molecule has 21 heavy (non-hydrogen) atoms. The van der Waals surface area contributed by atoms with Gasteiger partial charge in [-0.05, 0) is 44.2 Å². The Labute approximate surface area is 133 Å². The van der Waals surface area contributed by atoms with Crippen molar-refractivity contribution in [2.24, 2.45) is 0 Å². The highest BCUT2D eigenvalue weighted by atomic mass is 79.9. The average Bonchev–Trinajstić information content (AvgIpc) is 2.82. The first kappa shape index (κ1) is 14.8. The first-order chi connectivity index (χ1) is 9.91. The summed E-state index contributed by atoms with van der Waals surface area (Å²) in [5, 5.41) is 0. The molecule has 1 aromatic carbocycles. The van der Waals surface area contributed by atoms with Crippen LogP contribution >= 0.6 is 15.9 Å². The van der Waals surface area contributed by atoms with E-state index in [1.165, 1.54) is 5.69 Å². The molecule has 0 N–H and O–H groups in total. The normalized spacial score (nSPS) is 19.5. The molecule has 0 spiro atoms. The van der Waals surface area contributed by atoms with Crippen LogP contribution in [0.25, 0.3) is 0 Å². The Hall–Kier alpha value is -1.11. The maximum absolute atomic E-state index is 12.9. The molecule has 0 saturated carbocycles. The molecule has 112 valence electrons. The van der Waals surface area contributed by atoms with Crippen molar-refractivity contribution < 1.29 is 8.42 Å². The number of hydrogen-bond donors (Lipinski definition) is 0. The molecular formula is C15H17BrN2O2S. The van der Waals surface area contributed by atoms with Crippen LogP contribution in [0.15, 0.2) is 45.8 Å². The van der Waals surface area contributed by atoms with Crippen LogP contribution in [0, 0.1) is 6.92 Å². The van der Waals surface area contributed by atoms with Crippen LogP contribution in [0.1, 0.15) is 24.4 Å². The van der Waals surface area contributed by atoms with Gasteiger partial charge in [0.05, 0.1) is 10.9 Å². The van der Waals surface area contributed by atoms with Crippen LogP contribution < -0.4 is 0 Å². The highest BCUT2D eigenvalue weighted by molar-refractivity contribution is 9.10. The molecule has 0 radical (unpaired) electrons. The predicted octanol–water partition coefficient (Wildman–Crippen LogP) is 3.32. The van der Waals surface area contributed by atoms with E-state index in [9.17, 15) is 8.42 Å². The van der Waals surface area contributed by atoms with E-state index in [1.54, 1.807) is 22.5 Å². The van der Waals surface area contributed by atoms with Gasteiger partial charge >= 0.3 is 0 Å². The second-order valence-electron chi connectivity index (χ2n) is 5.30. The standard InChI is InChI=1S/C15H17BrN2O2S/c1-11-6-7-15-12(2)18(9-8-17(11)15)21(19,20)14-5-3-4-13(16)10-14/h3-7,10,12H,8-9H2,1-2H3/t12-/m0/s1. The number of fused-ring (bicyclic) bond motifs is 1. The largest absolute Gasteiger partial charge is 0.346 e. The van der Waals surface area contributed by atoms with E-state index < -0.39 is 10.0 Å². The topological polar surface area (TPSA) is 42.3 Å². The Morgan fingerprint density at radius 2 is 1.95 bits per heavy atom. The third kappa shape index (κ3) is 2.45. The van der Waals surface area contributed by atoms with E-state index in [0.29, 0.717) is 18.0 Å². The highest BCUT2D eigenvalue weighted by Gasteiger charge is 2.34. The quantitative estimate of drug-likeness (QED) is 0.815. The fourth-order valence-electron chi connectivity index (χ4n) is 2.89. The lowest BCUT2D eigenvalue weighted by molar-refractivity contribution is 0.280. The monoisotopic (exact) mass is 368 g/mol. The van der Waals surface area contributed by atoms with Gasteiger partial charge in [0.25, 0.3) is 0 Å². The van der Waals surface area contributed by atoms with Crippen molar-refractivity contribution in [1.29, 1.82) is 0 Å². The second-order valence-corrected chi connectivity index (χ2v) is 8.11. The molecule has 1 aliphatic rings. The zero-order chi connectivity index (χ0) is 15.2. The number of benzene rings is 1. The molecule has 2 aromatic rings. The van der Waals surface area contributed by atoms with Crippen molar-refractivity contribution in [3.63, 3.8) is 0 Å². The Balaban J connectivity index is 2.01. The molecule has 1 atom stereocenters. The minimum atomic E-state index is -3.48. The van der Waals surface area contributed by atoms with Gasteiger partial charge in [-0.25, -0.2) is 8.42 Å². The highest BCUT2D eigenvalue weighted by Crippen LogP contribution is 2.32. The third-order valence-electron chi connectivity index (χ3n) is 4.04. The number of sulfonamides is 1. The molecule has 2 heterocycles.